The largest absolute Gasteiger partial charge is 0.497 e. The molecule has 2 aromatic rings. The first-order valence-corrected chi connectivity index (χ1v) is 9.83. The van der Waals surface area contributed by atoms with Crippen molar-refractivity contribution in [3.05, 3.63) is 41.6 Å². The van der Waals surface area contributed by atoms with Gasteiger partial charge in [-0.1, -0.05) is 31.4 Å². The van der Waals surface area contributed by atoms with E-state index in [9.17, 15) is 9.59 Å². The molecular weight excluding hydrogens is 356 g/mol. The van der Waals surface area contributed by atoms with E-state index in [1.165, 1.54) is 6.42 Å². The summed E-state index contributed by atoms with van der Waals surface area (Å²) < 4.78 is 6.68. The molecular formula is C21H28N4O3. The van der Waals surface area contributed by atoms with Gasteiger partial charge in [0.15, 0.2) is 5.69 Å². The molecule has 150 valence electrons. The fourth-order valence-electron chi connectivity index (χ4n) is 3.49. The van der Waals surface area contributed by atoms with Gasteiger partial charge in [0.2, 0.25) is 5.91 Å². The van der Waals surface area contributed by atoms with E-state index >= 15 is 0 Å². The average Bonchev–Trinajstić information content (AvgIpc) is 3.09. The lowest BCUT2D eigenvalue weighted by atomic mass is 9.89. The molecule has 1 heterocycles. The smallest absolute Gasteiger partial charge is 0.271 e. The Morgan fingerprint density at radius 3 is 2.57 bits per heavy atom. The minimum atomic E-state index is -0.248. The van der Waals surface area contributed by atoms with Crippen LogP contribution in [0, 0.1) is 5.92 Å². The van der Waals surface area contributed by atoms with Crippen LogP contribution in [0.3, 0.4) is 0 Å². The maximum absolute atomic E-state index is 12.4. The molecule has 3 rings (SSSR count). The van der Waals surface area contributed by atoms with Gasteiger partial charge in [0.1, 0.15) is 11.6 Å². The topological polar surface area (TPSA) is 85.3 Å². The number of rotatable bonds is 7. The molecule has 0 atom stereocenters. The number of hydrogen-bond acceptors (Lipinski definition) is 4. The molecule has 2 N–H and O–H groups in total. The normalized spacial score (nSPS) is 14.5. The van der Waals surface area contributed by atoms with Gasteiger partial charge in [0.25, 0.3) is 5.91 Å². The van der Waals surface area contributed by atoms with E-state index in [1.54, 1.807) is 24.9 Å². The number of amides is 2. The molecule has 0 radical (unpaired) electrons. The molecule has 2 amide bonds. The van der Waals surface area contributed by atoms with E-state index in [0.717, 1.165) is 37.0 Å². The van der Waals surface area contributed by atoms with Gasteiger partial charge < -0.3 is 15.4 Å². The Balaban J connectivity index is 1.51. The monoisotopic (exact) mass is 384 g/mol. The van der Waals surface area contributed by atoms with Crippen LogP contribution in [-0.2, 0) is 18.3 Å². The van der Waals surface area contributed by atoms with Crippen molar-refractivity contribution in [1.82, 2.24) is 15.1 Å². The average molecular weight is 384 g/mol. The zero-order valence-corrected chi connectivity index (χ0v) is 16.5. The number of benzene rings is 1. The first kappa shape index (κ1) is 19.9. The van der Waals surface area contributed by atoms with Gasteiger partial charge in [0, 0.05) is 25.6 Å². The summed E-state index contributed by atoms with van der Waals surface area (Å²) >= 11 is 0. The third-order valence-corrected chi connectivity index (χ3v) is 5.20. The molecule has 0 bridgehead atoms. The highest BCUT2D eigenvalue weighted by molar-refractivity contribution is 5.96. The summed E-state index contributed by atoms with van der Waals surface area (Å²) in [5.41, 5.74) is 1.42. The lowest BCUT2D eigenvalue weighted by Crippen LogP contribution is -2.26. The minimum Gasteiger partial charge on any atom is -0.497 e. The highest BCUT2D eigenvalue weighted by Crippen LogP contribution is 2.25. The number of nitrogens with zero attached hydrogens (tertiary/aromatic N) is 2. The number of anilines is 1. The molecule has 1 fully saturated rings. The first-order chi connectivity index (χ1) is 13.6. The van der Waals surface area contributed by atoms with Crippen LogP contribution in [0.15, 0.2) is 30.3 Å². The van der Waals surface area contributed by atoms with Gasteiger partial charge >= 0.3 is 0 Å². The van der Waals surface area contributed by atoms with Gasteiger partial charge in [-0.05, 0) is 37.0 Å². The van der Waals surface area contributed by atoms with E-state index in [0.29, 0.717) is 24.5 Å². The maximum Gasteiger partial charge on any atom is 0.271 e. The fourth-order valence-corrected chi connectivity index (χ4v) is 3.49. The van der Waals surface area contributed by atoms with E-state index in [-0.39, 0.29) is 17.7 Å². The zero-order chi connectivity index (χ0) is 19.9. The SMILES string of the molecule is COc1ccc(CCNC(=O)c2cc(NC(=O)C3CCCCC3)n(C)n2)cc1. The lowest BCUT2D eigenvalue weighted by molar-refractivity contribution is -0.120. The predicted molar refractivity (Wildman–Crippen MR) is 107 cm³/mol. The number of aryl methyl sites for hydroxylation is 1. The number of aromatic nitrogens is 2. The zero-order valence-electron chi connectivity index (χ0n) is 16.5. The standard InChI is InChI=1S/C21H28N4O3/c1-25-19(23-20(26)16-6-4-3-5-7-16)14-18(24-25)21(27)22-13-12-15-8-10-17(28-2)11-9-15/h8-11,14,16H,3-7,12-13H2,1-2H3,(H,22,27)(H,23,26). The Hall–Kier alpha value is -2.83. The van der Waals surface area contributed by atoms with Crippen molar-refractivity contribution in [1.29, 1.82) is 0 Å². The third-order valence-electron chi connectivity index (χ3n) is 5.20. The highest BCUT2D eigenvalue weighted by atomic mass is 16.5. The first-order valence-electron chi connectivity index (χ1n) is 9.83. The molecule has 1 aliphatic rings. The summed E-state index contributed by atoms with van der Waals surface area (Å²) in [6.07, 6.45) is 5.99. The number of ether oxygens (including phenoxy) is 1. The van der Waals surface area contributed by atoms with Crippen molar-refractivity contribution in [2.24, 2.45) is 13.0 Å². The van der Waals surface area contributed by atoms with Gasteiger partial charge in [-0.25, -0.2) is 0 Å². The minimum absolute atomic E-state index is 0.0224. The molecule has 7 heteroatoms. The van der Waals surface area contributed by atoms with Crippen LogP contribution in [0.4, 0.5) is 5.82 Å². The molecule has 1 aromatic carbocycles. The predicted octanol–water partition coefficient (Wildman–Crippen LogP) is 2.92. The van der Waals surface area contributed by atoms with Crippen LogP contribution in [0.1, 0.15) is 48.2 Å². The molecule has 1 aromatic heterocycles. The third kappa shape index (κ3) is 5.12. The van der Waals surface area contributed by atoms with Crippen molar-refractivity contribution in [3.63, 3.8) is 0 Å². The quantitative estimate of drug-likeness (QED) is 0.769. The lowest BCUT2D eigenvalue weighted by Gasteiger charge is -2.20. The molecule has 0 spiro atoms. The molecule has 7 nitrogen and oxygen atoms in total. The molecule has 0 unspecified atom stereocenters. The summed E-state index contributed by atoms with van der Waals surface area (Å²) in [5.74, 6) is 1.20. The van der Waals surface area contributed by atoms with Crippen LogP contribution in [0.25, 0.3) is 0 Å². The van der Waals surface area contributed by atoms with E-state index in [1.807, 2.05) is 24.3 Å². The van der Waals surface area contributed by atoms with Crippen LogP contribution in [0.5, 0.6) is 5.75 Å². The Kier molecular flexibility index (Phi) is 6.68. The summed E-state index contributed by atoms with van der Waals surface area (Å²) in [5, 5.41) is 10.0. The van der Waals surface area contributed by atoms with Crippen molar-refractivity contribution in [2.45, 2.75) is 38.5 Å². The summed E-state index contributed by atoms with van der Waals surface area (Å²) in [4.78, 5) is 24.8. The summed E-state index contributed by atoms with van der Waals surface area (Å²) in [6, 6.07) is 9.38. The van der Waals surface area contributed by atoms with E-state index in [4.69, 9.17) is 4.74 Å². The Bertz CT molecular complexity index is 808. The van der Waals surface area contributed by atoms with Crippen LogP contribution in [-0.4, -0.2) is 35.2 Å². The van der Waals surface area contributed by atoms with Gasteiger partial charge in [-0.2, -0.15) is 5.10 Å². The number of hydrogen-bond donors (Lipinski definition) is 2. The number of carbonyl (C=O) groups excluding carboxylic acids is 2. The summed E-state index contributed by atoms with van der Waals surface area (Å²) in [7, 11) is 3.36. The molecule has 1 aliphatic carbocycles. The fraction of sp³-hybridized carbons (Fsp3) is 0.476. The highest BCUT2D eigenvalue weighted by Gasteiger charge is 2.22. The number of methoxy groups -OCH3 is 1. The second-order valence-corrected chi connectivity index (χ2v) is 7.22. The van der Waals surface area contributed by atoms with Gasteiger partial charge in [-0.15, -0.1) is 0 Å². The maximum atomic E-state index is 12.4. The van der Waals surface area contributed by atoms with Crippen LogP contribution in [0.2, 0.25) is 0 Å². The van der Waals surface area contributed by atoms with E-state index < -0.39 is 0 Å². The second-order valence-electron chi connectivity index (χ2n) is 7.22. The van der Waals surface area contributed by atoms with Crippen molar-refractivity contribution in [3.8, 4) is 5.75 Å². The summed E-state index contributed by atoms with van der Waals surface area (Å²) in [6.45, 7) is 0.505. The Labute approximate surface area is 165 Å². The van der Waals surface area contributed by atoms with Crippen LogP contribution < -0.4 is 15.4 Å². The number of nitrogens with one attached hydrogen (secondary N) is 2. The Morgan fingerprint density at radius 1 is 1.18 bits per heavy atom. The molecule has 0 aliphatic heterocycles. The van der Waals surface area contributed by atoms with Crippen molar-refractivity contribution >= 4 is 17.6 Å². The Morgan fingerprint density at radius 2 is 1.89 bits per heavy atom. The molecule has 0 saturated heterocycles. The van der Waals surface area contributed by atoms with Crippen molar-refractivity contribution in [2.75, 3.05) is 19.0 Å². The van der Waals surface area contributed by atoms with Crippen molar-refractivity contribution < 1.29 is 14.3 Å². The number of carbonyl (C=O) groups is 2. The van der Waals surface area contributed by atoms with Crippen LogP contribution >= 0.6 is 0 Å². The van der Waals surface area contributed by atoms with E-state index in [2.05, 4.69) is 15.7 Å². The second kappa shape index (κ2) is 9.39. The molecule has 28 heavy (non-hydrogen) atoms. The molecule has 1 saturated carbocycles. The van der Waals surface area contributed by atoms with Gasteiger partial charge in [0.05, 0.1) is 7.11 Å². The van der Waals surface area contributed by atoms with Gasteiger partial charge in [-0.3, -0.25) is 14.3 Å².